The first-order chi connectivity index (χ1) is 7.83. The van der Waals surface area contributed by atoms with E-state index in [4.69, 9.17) is 5.11 Å². The lowest BCUT2D eigenvalue weighted by molar-refractivity contribution is -0.134. The first-order valence-electron chi connectivity index (χ1n) is 5.06. The second-order valence-electron chi connectivity index (χ2n) is 3.87. The standard InChI is InChI=1S/C10H15NO4S2/c1-8(2)11(6-9-4-3-5-16-9)17(14,15)7-10(12)13/h3-5,8H,6-7H2,1-2H3,(H,12,13). The third-order valence-electron chi connectivity index (χ3n) is 2.13. The fourth-order valence-electron chi connectivity index (χ4n) is 1.40. The number of carboxylic acid groups (broad SMARTS) is 1. The monoisotopic (exact) mass is 277 g/mol. The molecule has 0 aliphatic carbocycles. The average molecular weight is 277 g/mol. The van der Waals surface area contributed by atoms with Gasteiger partial charge < -0.3 is 5.11 Å². The van der Waals surface area contributed by atoms with Gasteiger partial charge in [-0.3, -0.25) is 4.79 Å². The van der Waals surface area contributed by atoms with Gasteiger partial charge in [0.1, 0.15) is 0 Å². The Balaban J connectivity index is 2.90. The summed E-state index contributed by atoms with van der Waals surface area (Å²) in [6.07, 6.45) is 0. The van der Waals surface area contributed by atoms with Gasteiger partial charge in [0.2, 0.25) is 10.0 Å². The summed E-state index contributed by atoms with van der Waals surface area (Å²) in [6, 6.07) is 3.40. The maximum Gasteiger partial charge on any atom is 0.320 e. The molecule has 0 aliphatic heterocycles. The second kappa shape index (κ2) is 5.61. The first kappa shape index (κ1) is 14.1. The number of aliphatic carboxylic acids is 1. The summed E-state index contributed by atoms with van der Waals surface area (Å²) >= 11 is 1.45. The molecule has 0 bridgehead atoms. The van der Waals surface area contributed by atoms with Crippen LogP contribution in [-0.2, 0) is 21.4 Å². The molecular formula is C10H15NO4S2. The number of hydrogen-bond donors (Lipinski definition) is 1. The van der Waals surface area contributed by atoms with Crippen LogP contribution in [0.3, 0.4) is 0 Å². The fraction of sp³-hybridized carbons (Fsp3) is 0.500. The Hall–Kier alpha value is -0.920. The van der Waals surface area contributed by atoms with Crippen molar-refractivity contribution in [1.29, 1.82) is 0 Å². The molecule has 0 atom stereocenters. The van der Waals surface area contributed by atoms with Gasteiger partial charge >= 0.3 is 5.97 Å². The Kier molecular flexibility index (Phi) is 4.67. The lowest BCUT2D eigenvalue weighted by atomic mass is 10.4. The lowest BCUT2D eigenvalue weighted by Gasteiger charge is -2.24. The summed E-state index contributed by atoms with van der Waals surface area (Å²) in [5, 5.41) is 10.5. The molecule has 0 aliphatic rings. The van der Waals surface area contributed by atoms with E-state index in [1.807, 2.05) is 17.5 Å². The van der Waals surface area contributed by atoms with Gasteiger partial charge in [0.15, 0.2) is 5.75 Å². The Bertz CT molecular complexity index is 465. The van der Waals surface area contributed by atoms with Gasteiger partial charge in [-0.15, -0.1) is 11.3 Å². The Morgan fingerprint density at radius 2 is 2.18 bits per heavy atom. The van der Waals surface area contributed by atoms with E-state index in [0.717, 1.165) is 4.88 Å². The maximum absolute atomic E-state index is 11.9. The number of hydrogen-bond acceptors (Lipinski definition) is 4. The predicted molar refractivity (Wildman–Crippen MR) is 66.4 cm³/mol. The number of carboxylic acids is 1. The number of rotatable bonds is 6. The number of thiophene rings is 1. The van der Waals surface area contributed by atoms with E-state index in [0.29, 0.717) is 0 Å². The fourth-order valence-corrected chi connectivity index (χ4v) is 3.64. The van der Waals surface area contributed by atoms with Crippen LogP contribution in [0.2, 0.25) is 0 Å². The van der Waals surface area contributed by atoms with Gasteiger partial charge in [-0.25, -0.2) is 8.42 Å². The van der Waals surface area contributed by atoms with Crippen molar-refractivity contribution in [3.8, 4) is 0 Å². The zero-order chi connectivity index (χ0) is 13.1. The van der Waals surface area contributed by atoms with Crippen molar-refractivity contribution < 1.29 is 18.3 Å². The molecule has 0 aromatic carbocycles. The van der Waals surface area contributed by atoms with Crippen molar-refractivity contribution in [2.45, 2.75) is 26.4 Å². The molecule has 1 N–H and O–H groups in total. The van der Waals surface area contributed by atoms with E-state index in [1.54, 1.807) is 13.8 Å². The van der Waals surface area contributed by atoms with Crippen LogP contribution < -0.4 is 0 Å². The molecule has 1 aromatic rings. The molecule has 0 unspecified atom stereocenters. The smallest absolute Gasteiger partial charge is 0.320 e. The highest BCUT2D eigenvalue weighted by Crippen LogP contribution is 2.17. The number of nitrogens with zero attached hydrogens (tertiary/aromatic N) is 1. The molecule has 0 saturated carbocycles. The molecule has 7 heteroatoms. The molecule has 0 saturated heterocycles. The Labute approximate surface area is 105 Å². The summed E-state index contributed by atoms with van der Waals surface area (Å²) in [5.41, 5.74) is 0. The minimum atomic E-state index is -3.76. The van der Waals surface area contributed by atoms with Gasteiger partial charge in [0.25, 0.3) is 0 Å². The normalized spacial score (nSPS) is 12.2. The van der Waals surface area contributed by atoms with E-state index in [-0.39, 0.29) is 12.6 Å². The van der Waals surface area contributed by atoms with Gasteiger partial charge in [-0.2, -0.15) is 4.31 Å². The van der Waals surface area contributed by atoms with Gasteiger partial charge in [0, 0.05) is 17.5 Å². The molecular weight excluding hydrogens is 262 g/mol. The highest BCUT2D eigenvalue weighted by molar-refractivity contribution is 7.89. The molecule has 0 amide bonds. The van der Waals surface area contributed by atoms with Crippen molar-refractivity contribution in [3.63, 3.8) is 0 Å². The van der Waals surface area contributed by atoms with Crippen LogP contribution in [-0.4, -0.2) is 35.6 Å². The van der Waals surface area contributed by atoms with E-state index in [1.165, 1.54) is 15.6 Å². The maximum atomic E-state index is 11.9. The van der Waals surface area contributed by atoms with Crippen LogP contribution in [0.15, 0.2) is 17.5 Å². The summed E-state index contributed by atoms with van der Waals surface area (Å²) < 4.78 is 24.9. The van der Waals surface area contributed by atoms with E-state index < -0.39 is 21.7 Å². The average Bonchev–Trinajstić information content (AvgIpc) is 2.63. The zero-order valence-electron chi connectivity index (χ0n) is 9.66. The van der Waals surface area contributed by atoms with Crippen molar-refractivity contribution in [1.82, 2.24) is 4.31 Å². The van der Waals surface area contributed by atoms with Gasteiger partial charge in [-0.05, 0) is 25.3 Å². The SMILES string of the molecule is CC(C)N(Cc1cccs1)S(=O)(=O)CC(=O)O. The molecule has 17 heavy (non-hydrogen) atoms. The molecule has 1 aromatic heterocycles. The quantitative estimate of drug-likeness (QED) is 0.852. The molecule has 1 rings (SSSR count). The van der Waals surface area contributed by atoms with E-state index in [9.17, 15) is 13.2 Å². The zero-order valence-corrected chi connectivity index (χ0v) is 11.3. The molecule has 0 spiro atoms. The van der Waals surface area contributed by atoms with Crippen LogP contribution in [0.1, 0.15) is 18.7 Å². The summed E-state index contributed by atoms with van der Waals surface area (Å²) in [4.78, 5) is 11.4. The van der Waals surface area contributed by atoms with E-state index in [2.05, 4.69) is 0 Å². The van der Waals surface area contributed by atoms with Gasteiger partial charge in [0.05, 0.1) is 0 Å². The number of sulfonamides is 1. The number of carbonyl (C=O) groups is 1. The van der Waals surface area contributed by atoms with Crippen LogP contribution in [0.5, 0.6) is 0 Å². The lowest BCUT2D eigenvalue weighted by Crippen LogP contribution is -2.39. The molecule has 0 fully saturated rings. The Morgan fingerprint density at radius 1 is 1.53 bits per heavy atom. The summed E-state index contributed by atoms with van der Waals surface area (Å²) in [7, 11) is -3.76. The molecule has 5 nitrogen and oxygen atoms in total. The van der Waals surface area contributed by atoms with Crippen LogP contribution in [0.25, 0.3) is 0 Å². The second-order valence-corrected chi connectivity index (χ2v) is 6.82. The van der Waals surface area contributed by atoms with Crippen molar-refractivity contribution in [3.05, 3.63) is 22.4 Å². The molecule has 96 valence electrons. The van der Waals surface area contributed by atoms with Crippen molar-refractivity contribution in [2.24, 2.45) is 0 Å². The third-order valence-corrected chi connectivity index (χ3v) is 4.87. The van der Waals surface area contributed by atoms with Gasteiger partial charge in [-0.1, -0.05) is 6.07 Å². The summed E-state index contributed by atoms with van der Waals surface area (Å²) in [5.74, 6) is -2.20. The van der Waals surface area contributed by atoms with Crippen LogP contribution in [0, 0.1) is 0 Å². The first-order valence-corrected chi connectivity index (χ1v) is 7.55. The predicted octanol–water partition coefficient (Wildman–Crippen LogP) is 1.37. The molecule has 0 radical (unpaired) electrons. The largest absolute Gasteiger partial charge is 0.480 e. The van der Waals surface area contributed by atoms with Crippen LogP contribution in [0.4, 0.5) is 0 Å². The topological polar surface area (TPSA) is 74.7 Å². The highest BCUT2D eigenvalue weighted by Gasteiger charge is 2.27. The third kappa shape index (κ3) is 4.10. The Morgan fingerprint density at radius 3 is 2.59 bits per heavy atom. The van der Waals surface area contributed by atoms with E-state index >= 15 is 0 Å². The summed E-state index contributed by atoms with van der Waals surface area (Å²) in [6.45, 7) is 3.69. The minimum absolute atomic E-state index is 0.227. The van der Waals surface area contributed by atoms with Crippen LogP contribution >= 0.6 is 11.3 Å². The molecule has 1 heterocycles. The highest BCUT2D eigenvalue weighted by atomic mass is 32.2. The minimum Gasteiger partial charge on any atom is -0.480 e. The van der Waals surface area contributed by atoms with Crippen molar-refractivity contribution in [2.75, 3.05) is 5.75 Å². The van der Waals surface area contributed by atoms with Crippen molar-refractivity contribution >= 4 is 27.3 Å².